The van der Waals surface area contributed by atoms with Gasteiger partial charge in [-0.3, -0.25) is 4.79 Å². The number of carbonyl (C=O) groups excluding carboxylic acids is 1. The molecule has 0 heterocycles. The summed E-state index contributed by atoms with van der Waals surface area (Å²) >= 11 is 0. The van der Waals surface area contributed by atoms with E-state index in [0.29, 0.717) is 0 Å². The lowest BCUT2D eigenvalue weighted by Crippen LogP contribution is -2.42. The topological polar surface area (TPSA) is 75.7 Å². The first-order chi connectivity index (χ1) is 13.9. The van der Waals surface area contributed by atoms with Crippen LogP contribution >= 0.6 is 0 Å². The Morgan fingerprint density at radius 1 is 1.28 bits per heavy atom. The zero-order valence-electron chi connectivity index (χ0n) is 16.5. The van der Waals surface area contributed by atoms with Crippen LogP contribution in [0.25, 0.3) is 0 Å². The first-order valence-electron chi connectivity index (χ1n) is 9.57. The molecule has 29 heavy (non-hydrogen) atoms. The van der Waals surface area contributed by atoms with E-state index in [1.54, 1.807) is 6.92 Å². The van der Waals surface area contributed by atoms with Crippen LogP contribution < -0.4 is 10.1 Å². The second-order valence-electron chi connectivity index (χ2n) is 6.94. The molecule has 0 saturated carbocycles. The van der Waals surface area contributed by atoms with Gasteiger partial charge in [0.1, 0.15) is 16.5 Å². The van der Waals surface area contributed by atoms with Crippen molar-refractivity contribution in [3.05, 3.63) is 59.4 Å². The number of methoxy groups -OCH3 is 1. The molecule has 1 aliphatic carbocycles. The van der Waals surface area contributed by atoms with Crippen LogP contribution in [0, 0.1) is 5.82 Å². The van der Waals surface area contributed by atoms with Crippen LogP contribution in [0.2, 0.25) is 0 Å². The number of likely N-dealkylation sites (N-methyl/N-ethyl adjacent to an activating group) is 1. The molecule has 1 unspecified atom stereocenters. The number of ether oxygens (including phenoxy) is 1. The average molecular weight is 421 g/mol. The number of fused-ring (bicyclic) bond motifs is 1. The fraction of sp³-hybridized carbons (Fsp3) is 0.381. The van der Waals surface area contributed by atoms with Gasteiger partial charge in [0, 0.05) is 6.54 Å². The van der Waals surface area contributed by atoms with Crippen LogP contribution in [0.1, 0.15) is 36.9 Å². The predicted molar refractivity (Wildman–Crippen MR) is 108 cm³/mol. The molecule has 0 radical (unpaired) electrons. The fourth-order valence-corrected chi connectivity index (χ4v) is 5.23. The Labute approximate surface area is 170 Å². The second kappa shape index (κ2) is 8.92. The highest BCUT2D eigenvalue weighted by molar-refractivity contribution is 7.89. The summed E-state index contributed by atoms with van der Waals surface area (Å²) in [7, 11) is -2.79. The molecule has 0 spiro atoms. The molecule has 0 fully saturated rings. The van der Waals surface area contributed by atoms with E-state index in [1.165, 1.54) is 18.7 Å². The normalized spacial score (nSPS) is 16.3. The zero-order chi connectivity index (χ0) is 21.0. The van der Waals surface area contributed by atoms with Gasteiger partial charge in [0.2, 0.25) is 15.9 Å². The van der Waals surface area contributed by atoms with Gasteiger partial charge in [0.05, 0.1) is 19.7 Å². The van der Waals surface area contributed by atoms with Gasteiger partial charge in [-0.1, -0.05) is 31.2 Å². The molecule has 1 amide bonds. The average Bonchev–Trinajstić information content (AvgIpc) is 2.72. The van der Waals surface area contributed by atoms with Crippen LogP contribution in [0.5, 0.6) is 5.75 Å². The maximum atomic E-state index is 13.7. The molecule has 2 aromatic carbocycles. The molecule has 1 N–H and O–H groups in total. The SMILES string of the molecule is CCN(CC(=O)NC1CCCc2ccccc21)S(=O)(=O)c1cc(F)ccc1OC. The Kier molecular flexibility index (Phi) is 6.54. The molecule has 2 aromatic rings. The minimum absolute atomic E-state index is 0.0338. The molecule has 8 heteroatoms. The molecule has 156 valence electrons. The Balaban J connectivity index is 1.78. The van der Waals surface area contributed by atoms with E-state index in [-0.39, 0.29) is 29.8 Å². The van der Waals surface area contributed by atoms with Gasteiger partial charge in [-0.2, -0.15) is 4.31 Å². The molecule has 0 aliphatic heterocycles. The lowest BCUT2D eigenvalue weighted by Gasteiger charge is -2.28. The zero-order valence-corrected chi connectivity index (χ0v) is 17.3. The number of nitrogens with one attached hydrogen (secondary N) is 1. The first kappa shape index (κ1) is 21.3. The van der Waals surface area contributed by atoms with Crippen LogP contribution in [0.3, 0.4) is 0 Å². The Hall–Kier alpha value is -2.45. The molecule has 0 bridgehead atoms. The largest absolute Gasteiger partial charge is 0.495 e. The van der Waals surface area contributed by atoms with Gasteiger partial charge in [-0.25, -0.2) is 12.8 Å². The highest BCUT2D eigenvalue weighted by Gasteiger charge is 2.30. The third kappa shape index (κ3) is 4.59. The number of hydrogen-bond acceptors (Lipinski definition) is 4. The van der Waals surface area contributed by atoms with Crippen molar-refractivity contribution in [1.29, 1.82) is 0 Å². The van der Waals surface area contributed by atoms with E-state index in [1.807, 2.05) is 24.3 Å². The molecule has 3 rings (SSSR count). The number of nitrogens with zero attached hydrogens (tertiary/aromatic N) is 1. The second-order valence-corrected chi connectivity index (χ2v) is 8.84. The van der Waals surface area contributed by atoms with Gasteiger partial charge in [-0.05, 0) is 48.6 Å². The van der Waals surface area contributed by atoms with Crippen molar-refractivity contribution in [3.63, 3.8) is 0 Å². The summed E-state index contributed by atoms with van der Waals surface area (Å²) in [4.78, 5) is 12.4. The van der Waals surface area contributed by atoms with Crippen molar-refractivity contribution in [2.45, 2.75) is 37.1 Å². The molecule has 0 aromatic heterocycles. The Bertz CT molecular complexity index is 994. The molecule has 0 saturated heterocycles. The standard InChI is InChI=1S/C21H25FN2O4S/c1-3-24(29(26,27)20-13-16(22)11-12-19(20)28-2)14-21(25)23-18-10-6-8-15-7-4-5-9-17(15)18/h4-5,7,9,11-13,18H,3,6,8,10,14H2,1-2H3,(H,23,25). The van der Waals surface area contributed by atoms with Crippen LogP contribution in [0.4, 0.5) is 4.39 Å². The van der Waals surface area contributed by atoms with Crippen molar-refractivity contribution in [3.8, 4) is 5.75 Å². The molecule has 6 nitrogen and oxygen atoms in total. The van der Waals surface area contributed by atoms with Crippen LogP contribution in [0.15, 0.2) is 47.4 Å². The summed E-state index contributed by atoms with van der Waals surface area (Å²) in [6.45, 7) is 1.35. The third-order valence-corrected chi connectivity index (χ3v) is 7.06. The number of amides is 1. The molecular formula is C21H25FN2O4S. The van der Waals surface area contributed by atoms with Gasteiger partial charge in [0.15, 0.2) is 0 Å². The fourth-order valence-electron chi connectivity index (χ4n) is 3.66. The van der Waals surface area contributed by atoms with E-state index < -0.39 is 21.7 Å². The number of carbonyl (C=O) groups is 1. The summed E-state index contributed by atoms with van der Waals surface area (Å²) < 4.78 is 45.8. The number of hydrogen-bond donors (Lipinski definition) is 1. The maximum Gasteiger partial charge on any atom is 0.247 e. The minimum atomic E-state index is -4.11. The summed E-state index contributed by atoms with van der Waals surface area (Å²) in [5.41, 5.74) is 2.28. The van der Waals surface area contributed by atoms with Gasteiger partial charge >= 0.3 is 0 Å². The van der Waals surface area contributed by atoms with Crippen LogP contribution in [-0.4, -0.2) is 38.8 Å². The highest BCUT2D eigenvalue weighted by Crippen LogP contribution is 2.30. The molecule has 1 atom stereocenters. The van der Waals surface area contributed by atoms with Crippen molar-refractivity contribution in [2.75, 3.05) is 20.2 Å². The summed E-state index contributed by atoms with van der Waals surface area (Å²) in [6, 6.07) is 11.1. The van der Waals surface area contributed by atoms with Crippen molar-refractivity contribution in [2.24, 2.45) is 0 Å². The maximum absolute atomic E-state index is 13.7. The van der Waals surface area contributed by atoms with E-state index in [4.69, 9.17) is 4.74 Å². The van der Waals surface area contributed by atoms with Gasteiger partial charge < -0.3 is 10.1 Å². The number of aryl methyl sites for hydroxylation is 1. The van der Waals surface area contributed by atoms with E-state index in [0.717, 1.165) is 41.3 Å². The first-order valence-corrected chi connectivity index (χ1v) is 11.0. The third-order valence-electron chi connectivity index (χ3n) is 5.12. The molecule has 1 aliphatic rings. The number of halogens is 1. The highest BCUT2D eigenvalue weighted by atomic mass is 32.2. The molecular weight excluding hydrogens is 395 g/mol. The Morgan fingerprint density at radius 2 is 2.03 bits per heavy atom. The number of sulfonamides is 1. The lowest BCUT2D eigenvalue weighted by atomic mass is 9.88. The monoisotopic (exact) mass is 420 g/mol. The minimum Gasteiger partial charge on any atom is -0.495 e. The summed E-state index contributed by atoms with van der Waals surface area (Å²) in [6.07, 6.45) is 2.73. The predicted octanol–water partition coefficient (Wildman–Crippen LogP) is 3.04. The van der Waals surface area contributed by atoms with Crippen molar-refractivity contribution >= 4 is 15.9 Å². The Morgan fingerprint density at radius 3 is 2.76 bits per heavy atom. The number of benzene rings is 2. The van der Waals surface area contributed by atoms with Gasteiger partial charge in [-0.15, -0.1) is 0 Å². The van der Waals surface area contributed by atoms with E-state index in [2.05, 4.69) is 5.32 Å². The summed E-state index contributed by atoms with van der Waals surface area (Å²) in [5.74, 6) is -1.05. The lowest BCUT2D eigenvalue weighted by molar-refractivity contribution is -0.122. The van der Waals surface area contributed by atoms with Crippen molar-refractivity contribution in [1.82, 2.24) is 9.62 Å². The quantitative estimate of drug-likeness (QED) is 0.747. The smallest absolute Gasteiger partial charge is 0.247 e. The van der Waals surface area contributed by atoms with E-state index in [9.17, 15) is 17.6 Å². The van der Waals surface area contributed by atoms with Gasteiger partial charge in [0.25, 0.3) is 0 Å². The van der Waals surface area contributed by atoms with Crippen molar-refractivity contribution < 1.29 is 22.3 Å². The van der Waals surface area contributed by atoms with E-state index >= 15 is 0 Å². The van der Waals surface area contributed by atoms with Crippen LogP contribution in [-0.2, 0) is 21.2 Å². The number of rotatable bonds is 7. The summed E-state index contributed by atoms with van der Waals surface area (Å²) in [5, 5.41) is 2.95.